The third kappa shape index (κ3) is 3.39. The van der Waals surface area contributed by atoms with Crippen LogP contribution < -0.4 is 10.1 Å². The molecule has 1 heterocycles. The molecule has 1 aliphatic carbocycles. The molecule has 2 aromatic rings. The summed E-state index contributed by atoms with van der Waals surface area (Å²) >= 11 is 0. The number of benzene rings is 1. The number of rotatable bonds is 6. The van der Waals surface area contributed by atoms with Gasteiger partial charge in [0.15, 0.2) is 0 Å². The molecule has 0 saturated heterocycles. The normalized spacial score (nSPS) is 14.5. The van der Waals surface area contributed by atoms with Crippen LogP contribution in [0.3, 0.4) is 0 Å². The lowest BCUT2D eigenvalue weighted by atomic mass is 10.2. The summed E-state index contributed by atoms with van der Waals surface area (Å²) in [7, 11) is 0. The smallest absolute Gasteiger partial charge is 0.146 e. The molecule has 1 aromatic heterocycles. The first-order chi connectivity index (χ1) is 9.70. The zero-order chi connectivity index (χ0) is 13.9. The van der Waals surface area contributed by atoms with Crippen LogP contribution in [0.25, 0.3) is 0 Å². The standard InChI is InChI=1S/C16H18FNO2/c1-11-2-3-13(17)7-16(11)20-10-15-6-12(9-19-15)8-18-14-4-5-14/h2-3,6-7,9,14,18H,4-5,8,10H2,1H3. The van der Waals surface area contributed by atoms with Gasteiger partial charge in [-0.2, -0.15) is 0 Å². The number of halogens is 1. The minimum Gasteiger partial charge on any atom is -0.485 e. The van der Waals surface area contributed by atoms with E-state index in [0.717, 1.165) is 23.4 Å². The average Bonchev–Trinajstić information content (AvgIpc) is 3.16. The zero-order valence-corrected chi connectivity index (χ0v) is 11.5. The highest BCUT2D eigenvalue weighted by molar-refractivity contribution is 5.32. The molecule has 3 nitrogen and oxygen atoms in total. The Morgan fingerprint density at radius 3 is 3.00 bits per heavy atom. The van der Waals surface area contributed by atoms with Gasteiger partial charge in [0.25, 0.3) is 0 Å². The van der Waals surface area contributed by atoms with E-state index in [4.69, 9.17) is 9.15 Å². The van der Waals surface area contributed by atoms with Crippen LogP contribution in [0.4, 0.5) is 4.39 Å². The van der Waals surface area contributed by atoms with Crippen molar-refractivity contribution in [3.05, 3.63) is 53.2 Å². The van der Waals surface area contributed by atoms with Crippen molar-refractivity contribution < 1.29 is 13.5 Å². The first-order valence-corrected chi connectivity index (χ1v) is 6.89. The maximum Gasteiger partial charge on any atom is 0.146 e. The van der Waals surface area contributed by atoms with Crippen LogP contribution in [-0.4, -0.2) is 6.04 Å². The lowest BCUT2D eigenvalue weighted by Gasteiger charge is -2.07. The third-order valence-electron chi connectivity index (χ3n) is 3.40. The Kier molecular flexibility index (Phi) is 3.74. The van der Waals surface area contributed by atoms with Gasteiger partial charge in [-0.1, -0.05) is 6.07 Å². The monoisotopic (exact) mass is 275 g/mol. The Hall–Kier alpha value is -1.81. The van der Waals surface area contributed by atoms with Crippen LogP contribution in [0.5, 0.6) is 5.75 Å². The van der Waals surface area contributed by atoms with Crippen LogP contribution in [0.2, 0.25) is 0 Å². The van der Waals surface area contributed by atoms with E-state index in [1.54, 1.807) is 12.3 Å². The molecular formula is C16H18FNO2. The molecule has 0 aliphatic heterocycles. The van der Waals surface area contributed by atoms with Gasteiger partial charge in [-0.3, -0.25) is 0 Å². The summed E-state index contributed by atoms with van der Waals surface area (Å²) in [5, 5.41) is 3.43. The number of hydrogen-bond acceptors (Lipinski definition) is 3. The van der Waals surface area contributed by atoms with Gasteiger partial charge in [0.05, 0.1) is 6.26 Å². The summed E-state index contributed by atoms with van der Waals surface area (Å²) in [6, 6.07) is 7.19. The molecule has 0 radical (unpaired) electrons. The Labute approximate surface area is 117 Å². The summed E-state index contributed by atoms with van der Waals surface area (Å²) < 4.78 is 24.2. The third-order valence-corrected chi connectivity index (χ3v) is 3.40. The Bertz CT molecular complexity index is 590. The molecule has 1 fully saturated rings. The van der Waals surface area contributed by atoms with Crippen LogP contribution in [0.1, 0.15) is 29.7 Å². The number of furan rings is 1. The molecule has 0 spiro atoms. The highest BCUT2D eigenvalue weighted by Crippen LogP contribution is 2.22. The molecule has 20 heavy (non-hydrogen) atoms. The molecule has 1 aromatic carbocycles. The average molecular weight is 275 g/mol. The molecule has 0 atom stereocenters. The van der Waals surface area contributed by atoms with Crippen molar-refractivity contribution in [3.8, 4) is 5.75 Å². The summed E-state index contributed by atoms with van der Waals surface area (Å²) in [5.41, 5.74) is 2.03. The van der Waals surface area contributed by atoms with Crippen LogP contribution in [-0.2, 0) is 13.2 Å². The lowest BCUT2D eigenvalue weighted by Crippen LogP contribution is -2.14. The largest absolute Gasteiger partial charge is 0.485 e. The molecule has 4 heteroatoms. The second kappa shape index (κ2) is 5.67. The molecule has 1 N–H and O–H groups in total. The van der Waals surface area contributed by atoms with E-state index in [1.165, 1.54) is 25.0 Å². The van der Waals surface area contributed by atoms with E-state index in [9.17, 15) is 4.39 Å². The van der Waals surface area contributed by atoms with Gasteiger partial charge >= 0.3 is 0 Å². The van der Waals surface area contributed by atoms with E-state index in [1.807, 2.05) is 13.0 Å². The summed E-state index contributed by atoms with van der Waals surface area (Å²) in [6.45, 7) is 3.03. The van der Waals surface area contributed by atoms with E-state index in [-0.39, 0.29) is 5.82 Å². The zero-order valence-electron chi connectivity index (χ0n) is 11.5. The molecule has 3 rings (SSSR count). The first-order valence-electron chi connectivity index (χ1n) is 6.89. The van der Waals surface area contributed by atoms with Crippen LogP contribution in [0, 0.1) is 12.7 Å². The molecule has 1 saturated carbocycles. The fourth-order valence-electron chi connectivity index (χ4n) is 2.02. The van der Waals surface area contributed by atoms with Crippen LogP contribution >= 0.6 is 0 Å². The van der Waals surface area contributed by atoms with Crippen molar-refractivity contribution in [3.63, 3.8) is 0 Å². The second-order valence-electron chi connectivity index (χ2n) is 5.27. The van der Waals surface area contributed by atoms with Crippen molar-refractivity contribution in [1.82, 2.24) is 5.32 Å². The van der Waals surface area contributed by atoms with Crippen LogP contribution in [0.15, 0.2) is 34.9 Å². The van der Waals surface area contributed by atoms with Gasteiger partial charge < -0.3 is 14.5 Å². The van der Waals surface area contributed by atoms with Gasteiger partial charge in [0, 0.05) is 24.2 Å². The van der Waals surface area contributed by atoms with Crippen molar-refractivity contribution in [1.29, 1.82) is 0 Å². The summed E-state index contributed by atoms with van der Waals surface area (Å²) in [4.78, 5) is 0. The fraction of sp³-hybridized carbons (Fsp3) is 0.375. The summed E-state index contributed by atoms with van der Waals surface area (Å²) in [6.07, 6.45) is 4.28. The highest BCUT2D eigenvalue weighted by atomic mass is 19.1. The molecular weight excluding hydrogens is 257 g/mol. The molecule has 0 bridgehead atoms. The van der Waals surface area contributed by atoms with E-state index >= 15 is 0 Å². The lowest BCUT2D eigenvalue weighted by molar-refractivity contribution is 0.267. The van der Waals surface area contributed by atoms with Gasteiger partial charge in [0.1, 0.15) is 23.9 Å². The second-order valence-corrected chi connectivity index (χ2v) is 5.27. The molecule has 0 amide bonds. The Morgan fingerprint density at radius 2 is 2.20 bits per heavy atom. The van der Waals surface area contributed by atoms with E-state index < -0.39 is 0 Å². The highest BCUT2D eigenvalue weighted by Gasteiger charge is 2.20. The molecule has 0 unspecified atom stereocenters. The maximum atomic E-state index is 13.1. The maximum absolute atomic E-state index is 13.1. The molecule has 106 valence electrons. The predicted octanol–water partition coefficient (Wildman–Crippen LogP) is 3.56. The number of nitrogens with one attached hydrogen (secondary N) is 1. The van der Waals surface area contributed by atoms with Gasteiger partial charge in [0.2, 0.25) is 0 Å². The predicted molar refractivity (Wildman–Crippen MR) is 74.0 cm³/mol. The van der Waals surface area contributed by atoms with E-state index in [2.05, 4.69) is 5.32 Å². The SMILES string of the molecule is Cc1ccc(F)cc1OCc1cc(CNC2CC2)co1. The van der Waals surface area contributed by atoms with Crippen molar-refractivity contribution in [2.24, 2.45) is 0 Å². The van der Waals surface area contributed by atoms with Gasteiger partial charge in [-0.25, -0.2) is 4.39 Å². The quantitative estimate of drug-likeness (QED) is 0.875. The van der Waals surface area contributed by atoms with Crippen molar-refractivity contribution >= 4 is 0 Å². The number of ether oxygens (including phenoxy) is 1. The minimum atomic E-state index is -0.292. The topological polar surface area (TPSA) is 34.4 Å². The van der Waals surface area contributed by atoms with Gasteiger partial charge in [-0.15, -0.1) is 0 Å². The minimum absolute atomic E-state index is 0.292. The fourth-order valence-corrected chi connectivity index (χ4v) is 2.02. The molecule has 1 aliphatic rings. The van der Waals surface area contributed by atoms with Crippen molar-refractivity contribution in [2.45, 2.75) is 39.0 Å². The first kappa shape index (κ1) is 13.2. The van der Waals surface area contributed by atoms with Gasteiger partial charge in [-0.05, 0) is 37.5 Å². The van der Waals surface area contributed by atoms with E-state index in [0.29, 0.717) is 18.4 Å². The number of aryl methyl sites for hydroxylation is 1. The Balaban J connectivity index is 1.55. The Morgan fingerprint density at radius 1 is 1.35 bits per heavy atom. The summed E-state index contributed by atoms with van der Waals surface area (Å²) in [5.74, 6) is 1.01. The number of hydrogen-bond donors (Lipinski definition) is 1. The van der Waals surface area contributed by atoms with Crippen molar-refractivity contribution in [2.75, 3.05) is 0 Å².